The first-order chi connectivity index (χ1) is 14.4. The zero-order valence-electron chi connectivity index (χ0n) is 16.6. The Morgan fingerprint density at radius 3 is 2.43 bits per heavy atom. The number of ether oxygens (including phenoxy) is 1. The van der Waals surface area contributed by atoms with Crippen LogP contribution in [0.3, 0.4) is 0 Å². The minimum absolute atomic E-state index is 0.00183. The number of sulfonamides is 1. The van der Waals surface area contributed by atoms with Crippen LogP contribution in [0.5, 0.6) is 5.75 Å². The van der Waals surface area contributed by atoms with Gasteiger partial charge in [-0.15, -0.1) is 0 Å². The molecule has 1 amide bonds. The highest BCUT2D eigenvalue weighted by Gasteiger charge is 2.15. The molecule has 0 saturated heterocycles. The van der Waals surface area contributed by atoms with E-state index in [1.54, 1.807) is 23.1 Å². The monoisotopic (exact) mass is 429 g/mol. The Balaban J connectivity index is 1.49. The number of benzene rings is 2. The van der Waals surface area contributed by atoms with Crippen molar-refractivity contribution in [3.05, 3.63) is 66.7 Å². The normalized spacial score (nSPS) is 12.3. The van der Waals surface area contributed by atoms with Crippen LogP contribution < -0.4 is 14.8 Å². The number of aromatic nitrogens is 3. The number of amides is 1. The molecule has 30 heavy (non-hydrogen) atoms. The fourth-order valence-corrected chi connectivity index (χ4v) is 3.82. The SMILES string of the molecule is COc1ccc(S(=O)(=O)NCCC(=O)NC(C)c2ccc(-n3cncn3)cc2)cc1. The summed E-state index contributed by atoms with van der Waals surface area (Å²) < 4.78 is 33.7. The molecule has 0 spiro atoms. The largest absolute Gasteiger partial charge is 0.497 e. The van der Waals surface area contributed by atoms with E-state index in [4.69, 9.17) is 4.74 Å². The van der Waals surface area contributed by atoms with Gasteiger partial charge < -0.3 is 10.1 Å². The summed E-state index contributed by atoms with van der Waals surface area (Å²) in [4.78, 5) is 16.2. The Hall–Kier alpha value is -3.24. The molecule has 158 valence electrons. The van der Waals surface area contributed by atoms with Gasteiger partial charge in [-0.2, -0.15) is 5.10 Å². The average Bonchev–Trinajstić information content (AvgIpc) is 3.28. The molecule has 0 aliphatic heterocycles. The number of carbonyl (C=O) groups is 1. The van der Waals surface area contributed by atoms with Crippen LogP contribution in [0.4, 0.5) is 0 Å². The number of rotatable bonds is 9. The molecule has 2 aromatic carbocycles. The van der Waals surface area contributed by atoms with Crippen LogP contribution in [0, 0.1) is 0 Å². The number of methoxy groups -OCH3 is 1. The van der Waals surface area contributed by atoms with Gasteiger partial charge in [-0.1, -0.05) is 12.1 Å². The number of nitrogens with zero attached hydrogens (tertiary/aromatic N) is 3. The number of carbonyl (C=O) groups excluding carboxylic acids is 1. The van der Waals surface area contributed by atoms with Crippen molar-refractivity contribution in [3.8, 4) is 11.4 Å². The Bertz CT molecular complexity index is 1070. The van der Waals surface area contributed by atoms with Crippen molar-refractivity contribution >= 4 is 15.9 Å². The molecule has 3 rings (SSSR count). The average molecular weight is 430 g/mol. The standard InChI is InChI=1S/C20H23N5O4S/c1-15(16-3-5-17(6-4-16)25-14-21-13-22-25)24-20(26)11-12-23-30(27,28)19-9-7-18(29-2)8-10-19/h3-10,13-15,23H,11-12H2,1-2H3,(H,24,26). The van der Waals surface area contributed by atoms with Crippen LogP contribution >= 0.6 is 0 Å². The lowest BCUT2D eigenvalue weighted by Gasteiger charge is -2.15. The molecule has 1 atom stereocenters. The molecule has 2 N–H and O–H groups in total. The Kier molecular flexibility index (Phi) is 6.80. The van der Waals surface area contributed by atoms with Crippen LogP contribution in [0.25, 0.3) is 5.69 Å². The van der Waals surface area contributed by atoms with E-state index in [0.29, 0.717) is 5.75 Å². The summed E-state index contributed by atoms with van der Waals surface area (Å²) in [6.45, 7) is 1.86. The van der Waals surface area contributed by atoms with Crippen LogP contribution in [-0.4, -0.2) is 42.7 Å². The summed E-state index contributed by atoms with van der Waals surface area (Å²) in [5.74, 6) is 0.317. The third-order valence-corrected chi connectivity index (χ3v) is 5.94. The van der Waals surface area contributed by atoms with E-state index in [9.17, 15) is 13.2 Å². The Morgan fingerprint density at radius 2 is 1.83 bits per heavy atom. The second-order valence-electron chi connectivity index (χ2n) is 6.54. The van der Waals surface area contributed by atoms with Gasteiger partial charge in [-0.25, -0.2) is 22.8 Å². The van der Waals surface area contributed by atoms with Gasteiger partial charge in [0.25, 0.3) is 0 Å². The summed E-state index contributed by atoms with van der Waals surface area (Å²) >= 11 is 0. The third-order valence-electron chi connectivity index (χ3n) is 4.47. The molecule has 0 fully saturated rings. The molecule has 0 saturated carbocycles. The van der Waals surface area contributed by atoms with E-state index in [1.807, 2.05) is 31.2 Å². The highest BCUT2D eigenvalue weighted by atomic mass is 32.2. The predicted octanol–water partition coefficient (Wildman–Crippen LogP) is 1.82. The Labute approximate surface area is 175 Å². The molecule has 1 heterocycles. The maximum Gasteiger partial charge on any atom is 0.240 e. The predicted molar refractivity (Wildman–Crippen MR) is 111 cm³/mol. The molecule has 0 bridgehead atoms. The number of nitrogens with one attached hydrogen (secondary N) is 2. The highest BCUT2D eigenvalue weighted by Crippen LogP contribution is 2.16. The van der Waals surface area contributed by atoms with E-state index in [1.165, 1.54) is 25.6 Å². The van der Waals surface area contributed by atoms with Gasteiger partial charge in [0.2, 0.25) is 15.9 Å². The molecule has 1 unspecified atom stereocenters. The number of hydrogen-bond donors (Lipinski definition) is 2. The zero-order chi connectivity index (χ0) is 21.6. The maximum atomic E-state index is 12.3. The third kappa shape index (κ3) is 5.43. The molecular weight excluding hydrogens is 406 g/mol. The number of hydrogen-bond acceptors (Lipinski definition) is 6. The molecule has 0 aliphatic rings. The van der Waals surface area contributed by atoms with E-state index in [-0.39, 0.29) is 29.8 Å². The fraction of sp³-hybridized carbons (Fsp3) is 0.250. The van der Waals surface area contributed by atoms with Gasteiger partial charge in [0.05, 0.1) is 23.7 Å². The van der Waals surface area contributed by atoms with Crippen molar-refractivity contribution in [1.82, 2.24) is 24.8 Å². The minimum atomic E-state index is -3.69. The van der Waals surface area contributed by atoms with Crippen molar-refractivity contribution in [2.75, 3.05) is 13.7 Å². The van der Waals surface area contributed by atoms with Gasteiger partial charge >= 0.3 is 0 Å². The quantitative estimate of drug-likeness (QED) is 0.536. The minimum Gasteiger partial charge on any atom is -0.497 e. The van der Waals surface area contributed by atoms with Crippen molar-refractivity contribution in [2.45, 2.75) is 24.3 Å². The van der Waals surface area contributed by atoms with E-state index in [0.717, 1.165) is 11.3 Å². The second kappa shape index (κ2) is 9.51. The summed E-state index contributed by atoms with van der Waals surface area (Å²) in [5, 5.41) is 6.93. The maximum absolute atomic E-state index is 12.3. The van der Waals surface area contributed by atoms with Crippen LogP contribution in [-0.2, 0) is 14.8 Å². The van der Waals surface area contributed by atoms with Crippen molar-refractivity contribution in [3.63, 3.8) is 0 Å². The van der Waals surface area contributed by atoms with Gasteiger partial charge in [0.1, 0.15) is 18.4 Å². The van der Waals surface area contributed by atoms with Crippen molar-refractivity contribution in [1.29, 1.82) is 0 Å². The fourth-order valence-electron chi connectivity index (χ4n) is 2.79. The molecule has 10 heteroatoms. The molecule has 9 nitrogen and oxygen atoms in total. The smallest absolute Gasteiger partial charge is 0.240 e. The first-order valence-electron chi connectivity index (χ1n) is 9.27. The van der Waals surface area contributed by atoms with Gasteiger partial charge in [0.15, 0.2) is 0 Å². The van der Waals surface area contributed by atoms with E-state index < -0.39 is 10.0 Å². The first kappa shape index (κ1) is 21.5. The lowest BCUT2D eigenvalue weighted by Crippen LogP contribution is -2.32. The van der Waals surface area contributed by atoms with Gasteiger partial charge in [-0.3, -0.25) is 4.79 Å². The van der Waals surface area contributed by atoms with Crippen LogP contribution in [0.2, 0.25) is 0 Å². The lowest BCUT2D eigenvalue weighted by atomic mass is 10.1. The van der Waals surface area contributed by atoms with Gasteiger partial charge in [-0.05, 0) is 48.9 Å². The first-order valence-corrected chi connectivity index (χ1v) is 10.8. The van der Waals surface area contributed by atoms with Crippen molar-refractivity contribution < 1.29 is 17.9 Å². The van der Waals surface area contributed by atoms with Crippen molar-refractivity contribution in [2.24, 2.45) is 0 Å². The molecule has 0 radical (unpaired) electrons. The highest BCUT2D eigenvalue weighted by molar-refractivity contribution is 7.89. The topological polar surface area (TPSA) is 115 Å². The molecule has 3 aromatic rings. The molecule has 0 aliphatic carbocycles. The lowest BCUT2D eigenvalue weighted by molar-refractivity contribution is -0.121. The van der Waals surface area contributed by atoms with E-state index in [2.05, 4.69) is 20.1 Å². The van der Waals surface area contributed by atoms with E-state index >= 15 is 0 Å². The summed E-state index contributed by atoms with van der Waals surface area (Å²) in [6.07, 6.45) is 3.09. The Morgan fingerprint density at radius 1 is 1.13 bits per heavy atom. The summed E-state index contributed by atoms with van der Waals surface area (Å²) in [7, 11) is -2.18. The molecule has 1 aromatic heterocycles. The van der Waals surface area contributed by atoms with Gasteiger partial charge in [0, 0.05) is 13.0 Å². The summed E-state index contributed by atoms with van der Waals surface area (Å²) in [6, 6.07) is 13.4. The molecular formula is C20H23N5O4S. The summed E-state index contributed by atoms with van der Waals surface area (Å²) in [5.41, 5.74) is 1.79. The van der Waals surface area contributed by atoms with Crippen LogP contribution in [0.1, 0.15) is 24.9 Å². The van der Waals surface area contributed by atoms with Crippen LogP contribution in [0.15, 0.2) is 66.1 Å². The second-order valence-corrected chi connectivity index (χ2v) is 8.31. The zero-order valence-corrected chi connectivity index (χ0v) is 17.5.